The number of carbonyl (C=O) groups is 2. The highest BCUT2D eigenvalue weighted by Crippen LogP contribution is 2.15. The van der Waals surface area contributed by atoms with E-state index in [9.17, 15) is 9.59 Å². The zero-order valence-electron chi connectivity index (χ0n) is 12.3. The molecular formula is C13H16N4O4. The molecule has 21 heavy (non-hydrogen) atoms. The van der Waals surface area contributed by atoms with E-state index >= 15 is 0 Å². The maximum absolute atomic E-state index is 12.0. The average molecular weight is 292 g/mol. The number of aryl methyl sites for hydroxylation is 2. The van der Waals surface area contributed by atoms with Crippen LogP contribution in [0.4, 0.5) is 0 Å². The number of ether oxygens (including phenoxy) is 2. The maximum Gasteiger partial charge on any atom is 0.341 e. The summed E-state index contributed by atoms with van der Waals surface area (Å²) in [6, 6.07) is 0. The van der Waals surface area contributed by atoms with Crippen LogP contribution in [0.5, 0.6) is 0 Å². The Hall–Kier alpha value is -2.51. The van der Waals surface area contributed by atoms with Gasteiger partial charge in [-0.3, -0.25) is 4.79 Å². The minimum Gasteiger partial charge on any atom is -0.462 e. The number of rotatable bonds is 4. The van der Waals surface area contributed by atoms with Crippen molar-refractivity contribution < 1.29 is 19.1 Å². The number of esters is 2. The molecular weight excluding hydrogens is 276 g/mol. The molecule has 2 rings (SSSR count). The van der Waals surface area contributed by atoms with E-state index in [-0.39, 0.29) is 13.2 Å². The van der Waals surface area contributed by atoms with E-state index in [0.29, 0.717) is 28.6 Å². The van der Waals surface area contributed by atoms with E-state index in [4.69, 9.17) is 9.47 Å². The van der Waals surface area contributed by atoms with Gasteiger partial charge in [-0.05, 0) is 20.8 Å². The monoisotopic (exact) mass is 292 g/mol. The van der Waals surface area contributed by atoms with Gasteiger partial charge in [0.15, 0.2) is 12.4 Å². The van der Waals surface area contributed by atoms with Crippen molar-refractivity contribution in [3.8, 4) is 0 Å². The Kier molecular flexibility index (Phi) is 4.15. The van der Waals surface area contributed by atoms with Crippen LogP contribution < -0.4 is 0 Å². The first kappa shape index (κ1) is 14.9. The molecule has 112 valence electrons. The molecule has 0 bridgehead atoms. The van der Waals surface area contributed by atoms with Crippen LogP contribution in [0.2, 0.25) is 0 Å². The number of fused-ring (bicyclic) bond motifs is 1. The van der Waals surface area contributed by atoms with Gasteiger partial charge in [-0.15, -0.1) is 5.10 Å². The van der Waals surface area contributed by atoms with Crippen molar-refractivity contribution in [2.24, 2.45) is 0 Å². The van der Waals surface area contributed by atoms with Crippen molar-refractivity contribution >= 4 is 17.7 Å². The highest BCUT2D eigenvalue weighted by atomic mass is 16.5. The third-order valence-electron chi connectivity index (χ3n) is 2.83. The van der Waals surface area contributed by atoms with Gasteiger partial charge in [0.1, 0.15) is 5.56 Å². The Morgan fingerprint density at radius 1 is 1.19 bits per heavy atom. The molecule has 0 aromatic carbocycles. The number of hydrogen-bond donors (Lipinski definition) is 0. The minimum absolute atomic E-state index is 0.0358. The molecule has 2 aromatic rings. The Labute approximate surface area is 121 Å². The van der Waals surface area contributed by atoms with Gasteiger partial charge in [0.05, 0.1) is 18.0 Å². The average Bonchev–Trinajstić information content (AvgIpc) is 2.80. The van der Waals surface area contributed by atoms with Crippen molar-refractivity contribution in [2.75, 3.05) is 6.61 Å². The van der Waals surface area contributed by atoms with Gasteiger partial charge in [0.25, 0.3) is 5.78 Å². The standard InChI is InChI=1S/C13H16N4O4/c1-5-20-12(19)11-7(2)14-13-15-10(6-21-9(4)18)16-17(13)8(11)3/h5-6H2,1-4H3. The van der Waals surface area contributed by atoms with E-state index in [1.165, 1.54) is 11.4 Å². The first-order chi connectivity index (χ1) is 9.93. The van der Waals surface area contributed by atoms with Gasteiger partial charge in [-0.1, -0.05) is 0 Å². The van der Waals surface area contributed by atoms with E-state index in [2.05, 4.69) is 15.1 Å². The van der Waals surface area contributed by atoms with Crippen molar-refractivity contribution in [1.82, 2.24) is 19.6 Å². The van der Waals surface area contributed by atoms with Crippen LogP contribution in [0.1, 0.15) is 41.4 Å². The molecule has 0 aliphatic carbocycles. The zero-order chi connectivity index (χ0) is 15.6. The molecule has 2 aromatic heterocycles. The van der Waals surface area contributed by atoms with Crippen LogP contribution >= 0.6 is 0 Å². The van der Waals surface area contributed by atoms with Crippen LogP contribution in [-0.2, 0) is 20.9 Å². The van der Waals surface area contributed by atoms with Gasteiger partial charge >= 0.3 is 11.9 Å². The summed E-state index contributed by atoms with van der Waals surface area (Å²) in [7, 11) is 0. The van der Waals surface area contributed by atoms with E-state index in [1.807, 2.05) is 0 Å². The molecule has 0 saturated carbocycles. The minimum atomic E-state index is -0.445. The quantitative estimate of drug-likeness (QED) is 0.775. The highest BCUT2D eigenvalue weighted by Gasteiger charge is 2.20. The van der Waals surface area contributed by atoms with Gasteiger partial charge in [0, 0.05) is 6.92 Å². The first-order valence-corrected chi connectivity index (χ1v) is 6.47. The molecule has 0 amide bonds. The summed E-state index contributed by atoms with van der Waals surface area (Å²) in [4.78, 5) is 31.2. The molecule has 0 aliphatic heterocycles. The summed E-state index contributed by atoms with van der Waals surface area (Å²) >= 11 is 0. The topological polar surface area (TPSA) is 95.7 Å². The van der Waals surface area contributed by atoms with Crippen molar-refractivity contribution in [3.05, 3.63) is 22.8 Å². The molecule has 0 unspecified atom stereocenters. The number of nitrogens with zero attached hydrogens (tertiary/aromatic N) is 4. The Bertz CT molecular complexity index is 708. The smallest absolute Gasteiger partial charge is 0.341 e. The summed E-state index contributed by atoms with van der Waals surface area (Å²) in [5.74, 6) is -0.192. The first-order valence-electron chi connectivity index (χ1n) is 6.47. The fraction of sp³-hybridized carbons (Fsp3) is 0.462. The zero-order valence-corrected chi connectivity index (χ0v) is 12.3. The van der Waals surface area contributed by atoms with Crippen molar-refractivity contribution in [2.45, 2.75) is 34.3 Å². The number of hydrogen-bond acceptors (Lipinski definition) is 7. The second-order valence-electron chi connectivity index (χ2n) is 4.40. The molecule has 0 fully saturated rings. The summed E-state index contributed by atoms with van der Waals surface area (Å²) in [6.07, 6.45) is 0. The Morgan fingerprint density at radius 2 is 1.90 bits per heavy atom. The SMILES string of the molecule is CCOC(=O)c1c(C)nc2nc(COC(C)=O)nn2c1C. The summed E-state index contributed by atoms with van der Waals surface area (Å²) in [5, 5.41) is 4.19. The van der Waals surface area contributed by atoms with Crippen LogP contribution in [0, 0.1) is 13.8 Å². The largest absolute Gasteiger partial charge is 0.462 e. The van der Waals surface area contributed by atoms with Crippen LogP contribution in [0.25, 0.3) is 5.78 Å². The van der Waals surface area contributed by atoms with Crippen molar-refractivity contribution in [1.29, 1.82) is 0 Å². The molecule has 0 spiro atoms. The number of carbonyl (C=O) groups excluding carboxylic acids is 2. The molecule has 0 atom stereocenters. The predicted octanol–water partition coefficient (Wildman–Crippen LogP) is 0.981. The molecule has 8 heteroatoms. The third kappa shape index (κ3) is 2.99. The second-order valence-corrected chi connectivity index (χ2v) is 4.40. The molecule has 2 heterocycles. The van der Waals surface area contributed by atoms with Crippen molar-refractivity contribution in [3.63, 3.8) is 0 Å². The van der Waals surface area contributed by atoms with Crippen LogP contribution in [0.15, 0.2) is 0 Å². The lowest BCUT2D eigenvalue weighted by Crippen LogP contribution is -2.14. The van der Waals surface area contributed by atoms with Gasteiger partial charge in [0.2, 0.25) is 0 Å². The normalized spacial score (nSPS) is 10.7. The van der Waals surface area contributed by atoms with Gasteiger partial charge < -0.3 is 9.47 Å². The highest BCUT2D eigenvalue weighted by molar-refractivity contribution is 5.91. The molecule has 8 nitrogen and oxygen atoms in total. The van der Waals surface area contributed by atoms with Crippen LogP contribution in [0.3, 0.4) is 0 Å². The predicted molar refractivity (Wildman–Crippen MR) is 71.7 cm³/mol. The lowest BCUT2D eigenvalue weighted by molar-refractivity contribution is -0.142. The molecule has 0 N–H and O–H groups in total. The number of aromatic nitrogens is 4. The fourth-order valence-corrected chi connectivity index (χ4v) is 1.94. The van der Waals surface area contributed by atoms with E-state index in [0.717, 1.165) is 0 Å². The summed E-state index contributed by atoms with van der Waals surface area (Å²) < 4.78 is 11.3. The lowest BCUT2D eigenvalue weighted by Gasteiger charge is -2.08. The fourth-order valence-electron chi connectivity index (χ4n) is 1.94. The Morgan fingerprint density at radius 3 is 2.52 bits per heavy atom. The molecule has 0 aliphatic rings. The maximum atomic E-state index is 12.0. The van der Waals surface area contributed by atoms with E-state index in [1.54, 1.807) is 20.8 Å². The van der Waals surface area contributed by atoms with E-state index < -0.39 is 11.9 Å². The van der Waals surface area contributed by atoms with Gasteiger partial charge in [-0.25, -0.2) is 14.3 Å². The van der Waals surface area contributed by atoms with Crippen LogP contribution in [-0.4, -0.2) is 38.1 Å². The lowest BCUT2D eigenvalue weighted by atomic mass is 10.2. The third-order valence-corrected chi connectivity index (χ3v) is 2.83. The molecule has 0 saturated heterocycles. The second kappa shape index (κ2) is 5.86. The summed E-state index contributed by atoms with van der Waals surface area (Å²) in [5.41, 5.74) is 1.47. The molecule has 0 radical (unpaired) electrons. The van der Waals surface area contributed by atoms with Gasteiger partial charge in [-0.2, -0.15) is 4.98 Å². The summed E-state index contributed by atoms with van der Waals surface area (Å²) in [6.45, 7) is 6.73. The Balaban J connectivity index is 2.45.